The Hall–Kier alpha value is -4.88. The second kappa shape index (κ2) is 12.9. The summed E-state index contributed by atoms with van der Waals surface area (Å²) in [6.07, 6.45) is 2.06. The zero-order valence-electron chi connectivity index (χ0n) is 23.6. The molecule has 17 heteroatoms. The van der Waals surface area contributed by atoms with Crippen LogP contribution in [0.1, 0.15) is 36.3 Å². The number of aromatic nitrogens is 5. The van der Waals surface area contributed by atoms with Crippen LogP contribution in [-0.2, 0) is 12.7 Å². The first kappa shape index (κ1) is 32.5. The molecule has 0 atom stereocenters. The summed E-state index contributed by atoms with van der Waals surface area (Å²) in [5.41, 5.74) is 5.50. The number of rotatable bonds is 6. The molecule has 2 aliphatic rings. The number of amides is 3. The summed E-state index contributed by atoms with van der Waals surface area (Å²) < 4.78 is 43.6. The smallest absolute Gasteiger partial charge is 0.337 e. The summed E-state index contributed by atoms with van der Waals surface area (Å²) >= 11 is 6.52. The fourth-order valence-electron chi connectivity index (χ4n) is 5.41. The molecule has 1 aliphatic heterocycles. The molecule has 6 rings (SSSR count). The van der Waals surface area contributed by atoms with E-state index in [4.69, 9.17) is 22.6 Å². The van der Waals surface area contributed by atoms with Gasteiger partial charge in [0.05, 0.1) is 34.1 Å². The summed E-state index contributed by atoms with van der Waals surface area (Å²) in [4.78, 5) is 37.6. The van der Waals surface area contributed by atoms with Crippen molar-refractivity contribution in [3.8, 4) is 17.3 Å². The van der Waals surface area contributed by atoms with Gasteiger partial charge in [0.15, 0.2) is 17.2 Å². The molecule has 3 aromatic heterocycles. The van der Waals surface area contributed by atoms with E-state index in [1.807, 2.05) is 0 Å². The number of fused-ring (bicyclic) bond motifs is 1. The lowest BCUT2D eigenvalue weighted by atomic mass is 9.88. The number of hydrogen-bond acceptors (Lipinski definition) is 8. The number of nitriles is 1. The molecule has 1 aromatic carbocycles. The second-order valence-electron chi connectivity index (χ2n) is 10.8. The minimum Gasteiger partial charge on any atom is -0.337 e. The first-order chi connectivity index (χ1) is 21.5. The molecule has 0 unspecified atom stereocenters. The Bertz CT molecular complexity index is 1800. The fourth-order valence-corrected chi connectivity index (χ4v) is 5.67. The molecule has 2 fully saturated rings. The minimum absolute atomic E-state index is 0. The zero-order chi connectivity index (χ0) is 31.9. The number of benzene rings is 1. The summed E-state index contributed by atoms with van der Waals surface area (Å²) in [7, 11) is 0. The predicted molar refractivity (Wildman–Crippen MR) is 163 cm³/mol. The molecule has 1 saturated carbocycles. The number of anilines is 2. The lowest BCUT2D eigenvalue weighted by Crippen LogP contribution is -2.57. The van der Waals surface area contributed by atoms with Crippen LogP contribution in [0, 0.1) is 11.3 Å². The number of nitrogens with one attached hydrogen (secondary N) is 2. The van der Waals surface area contributed by atoms with Gasteiger partial charge in [-0.15, -0.1) is 0 Å². The predicted octanol–water partition coefficient (Wildman–Crippen LogP) is 4.13. The SMILES string of the molecule is C.N#CCn1cc(-c2cnc3c(Nc4ccc(C(=O)N5CCN(C(=O)NC6CC(N)C6)CC5)c(Cl)c4)nccn23)c(C(F)(F)F)n1. The van der Waals surface area contributed by atoms with Crippen LogP contribution < -0.4 is 16.4 Å². The largest absolute Gasteiger partial charge is 0.435 e. The Morgan fingerprint density at radius 3 is 2.50 bits per heavy atom. The molecule has 1 aliphatic carbocycles. The average Bonchev–Trinajstić information content (AvgIpc) is 3.61. The van der Waals surface area contributed by atoms with Gasteiger partial charge in [-0.05, 0) is 31.0 Å². The van der Waals surface area contributed by atoms with Crippen molar-refractivity contribution in [2.75, 3.05) is 31.5 Å². The number of nitrogens with two attached hydrogens (primary N) is 1. The van der Waals surface area contributed by atoms with E-state index in [0.29, 0.717) is 31.9 Å². The standard InChI is InChI=1S/C28H27ClF3N11O2.CH4/c29-21-13-17(1-2-19(21)26(44)40-7-9-41(10-8-40)27(45)38-18-11-16(34)12-18)37-24-25-36-14-22(43(25)6-4-35-24)20-15-42(5-3-33)39-23(20)28(30,31)32;/h1-2,4,6,13-16,18H,5,7-12,34H2,(H,35,37)(H,38,45);1H4. The molecule has 4 aromatic rings. The first-order valence-electron chi connectivity index (χ1n) is 14.0. The average molecular weight is 658 g/mol. The van der Waals surface area contributed by atoms with Gasteiger partial charge in [0.1, 0.15) is 6.54 Å². The zero-order valence-corrected chi connectivity index (χ0v) is 24.4. The summed E-state index contributed by atoms with van der Waals surface area (Å²) in [6, 6.07) is 6.60. The molecular weight excluding hydrogens is 627 g/mol. The molecule has 46 heavy (non-hydrogen) atoms. The summed E-state index contributed by atoms with van der Waals surface area (Å²) in [5.74, 6) is -0.0396. The van der Waals surface area contributed by atoms with E-state index in [1.54, 1.807) is 34.1 Å². The van der Waals surface area contributed by atoms with Crippen molar-refractivity contribution in [2.45, 2.75) is 45.1 Å². The van der Waals surface area contributed by atoms with Crippen molar-refractivity contribution in [1.29, 1.82) is 5.26 Å². The number of hydrogen-bond donors (Lipinski definition) is 3. The van der Waals surface area contributed by atoms with Crippen LogP contribution in [0.15, 0.2) is 43.0 Å². The van der Waals surface area contributed by atoms with Gasteiger partial charge in [-0.25, -0.2) is 14.8 Å². The third kappa shape index (κ3) is 6.42. The Morgan fingerprint density at radius 2 is 1.85 bits per heavy atom. The first-order valence-corrected chi connectivity index (χ1v) is 14.4. The molecule has 4 heterocycles. The van der Waals surface area contributed by atoms with Crippen LogP contribution >= 0.6 is 11.6 Å². The fraction of sp³-hybridized carbons (Fsp3) is 0.379. The van der Waals surface area contributed by atoms with Gasteiger partial charge in [-0.3, -0.25) is 13.9 Å². The highest BCUT2D eigenvalue weighted by Crippen LogP contribution is 2.37. The van der Waals surface area contributed by atoms with Crippen LogP contribution in [0.25, 0.3) is 16.9 Å². The quantitative estimate of drug-likeness (QED) is 0.279. The Labute approximate surface area is 266 Å². The number of nitrogens with zero attached hydrogens (tertiary/aromatic N) is 8. The van der Waals surface area contributed by atoms with E-state index in [2.05, 4.69) is 25.7 Å². The summed E-state index contributed by atoms with van der Waals surface area (Å²) in [5, 5.41) is 18.7. The van der Waals surface area contributed by atoms with Crippen LogP contribution in [0.2, 0.25) is 5.02 Å². The van der Waals surface area contributed by atoms with Gasteiger partial charge >= 0.3 is 12.2 Å². The Balaban J connectivity index is 0.00000417. The maximum Gasteiger partial charge on any atom is 0.435 e. The number of halogens is 4. The van der Waals surface area contributed by atoms with Gasteiger partial charge < -0.3 is 26.2 Å². The van der Waals surface area contributed by atoms with E-state index < -0.39 is 11.9 Å². The third-order valence-electron chi connectivity index (χ3n) is 7.79. The minimum atomic E-state index is -4.75. The number of piperazine rings is 1. The molecule has 13 nitrogen and oxygen atoms in total. The number of alkyl halides is 3. The second-order valence-corrected chi connectivity index (χ2v) is 11.2. The van der Waals surface area contributed by atoms with Crippen molar-refractivity contribution in [3.05, 3.63) is 59.3 Å². The lowest BCUT2D eigenvalue weighted by Gasteiger charge is -2.38. The van der Waals surface area contributed by atoms with E-state index >= 15 is 0 Å². The Kier molecular flexibility index (Phi) is 9.08. The highest BCUT2D eigenvalue weighted by atomic mass is 35.5. The lowest BCUT2D eigenvalue weighted by molar-refractivity contribution is -0.141. The van der Waals surface area contributed by atoms with Gasteiger partial charge in [0.25, 0.3) is 5.91 Å². The van der Waals surface area contributed by atoms with Crippen molar-refractivity contribution < 1.29 is 22.8 Å². The number of carbonyl (C=O) groups is 2. The topological polar surface area (TPSA) is 162 Å². The van der Waals surface area contributed by atoms with E-state index in [1.165, 1.54) is 23.0 Å². The van der Waals surface area contributed by atoms with Crippen LogP contribution in [0.4, 0.5) is 29.5 Å². The van der Waals surface area contributed by atoms with Crippen molar-refractivity contribution in [1.82, 2.24) is 39.3 Å². The molecule has 1 saturated heterocycles. The highest BCUT2D eigenvalue weighted by Gasteiger charge is 2.38. The molecule has 242 valence electrons. The Morgan fingerprint density at radius 1 is 1.13 bits per heavy atom. The molecule has 0 radical (unpaired) electrons. The molecule has 0 spiro atoms. The van der Waals surface area contributed by atoms with Crippen LogP contribution in [-0.4, -0.2) is 84.1 Å². The monoisotopic (exact) mass is 657 g/mol. The molecule has 3 amide bonds. The summed E-state index contributed by atoms with van der Waals surface area (Å²) in [6.45, 7) is 1.13. The van der Waals surface area contributed by atoms with Crippen LogP contribution in [0.5, 0.6) is 0 Å². The molecular formula is C29H31ClF3N11O2. The van der Waals surface area contributed by atoms with Gasteiger partial charge in [0, 0.05) is 62.5 Å². The van der Waals surface area contributed by atoms with Crippen LogP contribution in [0.3, 0.4) is 0 Å². The normalized spacial score (nSPS) is 18.0. The van der Waals surface area contributed by atoms with Gasteiger partial charge in [-0.1, -0.05) is 19.0 Å². The van der Waals surface area contributed by atoms with Crippen molar-refractivity contribution in [2.24, 2.45) is 5.73 Å². The number of carbonyl (C=O) groups excluding carboxylic acids is 2. The van der Waals surface area contributed by atoms with E-state index in [-0.39, 0.29) is 71.3 Å². The highest BCUT2D eigenvalue weighted by molar-refractivity contribution is 6.34. The van der Waals surface area contributed by atoms with Gasteiger partial charge in [0.2, 0.25) is 0 Å². The maximum absolute atomic E-state index is 13.7. The third-order valence-corrected chi connectivity index (χ3v) is 8.10. The van der Waals surface area contributed by atoms with Gasteiger partial charge in [-0.2, -0.15) is 23.5 Å². The van der Waals surface area contributed by atoms with Crippen molar-refractivity contribution >= 4 is 40.7 Å². The van der Waals surface area contributed by atoms with E-state index in [9.17, 15) is 22.8 Å². The van der Waals surface area contributed by atoms with Crippen molar-refractivity contribution in [3.63, 3.8) is 0 Å². The number of urea groups is 1. The molecule has 4 N–H and O–H groups in total. The van der Waals surface area contributed by atoms with E-state index in [0.717, 1.165) is 23.7 Å². The molecule has 0 bridgehead atoms. The maximum atomic E-state index is 13.7. The number of imidazole rings is 1.